The van der Waals surface area contributed by atoms with Crippen LogP contribution in [-0.2, 0) is 29.9 Å². The predicted octanol–water partition coefficient (Wildman–Crippen LogP) is -0.0783. The van der Waals surface area contributed by atoms with E-state index in [1.165, 1.54) is 0 Å². The van der Waals surface area contributed by atoms with E-state index in [0.717, 1.165) is 4.31 Å². The molecule has 2 N–H and O–H groups in total. The van der Waals surface area contributed by atoms with Crippen LogP contribution < -0.4 is 5.14 Å². The molecule has 0 saturated heterocycles. The average molecular weight is 393 g/mol. The first-order valence-electron chi connectivity index (χ1n) is 7.62. The van der Waals surface area contributed by atoms with E-state index in [0.29, 0.717) is 25.7 Å². The van der Waals surface area contributed by atoms with Crippen LogP contribution in [0, 0.1) is 0 Å². The largest absolute Gasteiger partial charge is 0.276 e. The minimum Gasteiger partial charge on any atom is -0.229 e. The van der Waals surface area contributed by atoms with Gasteiger partial charge in [0.05, 0.1) is 23.0 Å². The van der Waals surface area contributed by atoms with Crippen molar-refractivity contribution < 1.29 is 25.3 Å². The zero-order chi connectivity index (χ0) is 18.1. The van der Waals surface area contributed by atoms with Gasteiger partial charge in [0, 0.05) is 13.1 Å². The van der Waals surface area contributed by atoms with E-state index in [4.69, 9.17) is 5.14 Å². The molecule has 0 unspecified atom stereocenters. The molecule has 23 heavy (non-hydrogen) atoms. The molecule has 0 aliphatic carbocycles. The maximum absolute atomic E-state index is 11.8. The lowest BCUT2D eigenvalue weighted by Gasteiger charge is -2.19. The Bertz CT molecular complexity index is 598. The normalized spacial score (nSPS) is 13.6. The SMILES string of the molecule is CCCCS(=O)(=O)CCN(CCS(=O)(=O)CCCC)S(N)(=O)=O. The van der Waals surface area contributed by atoms with Gasteiger partial charge in [0.1, 0.15) is 0 Å². The van der Waals surface area contributed by atoms with Crippen molar-refractivity contribution in [1.82, 2.24) is 4.31 Å². The summed E-state index contributed by atoms with van der Waals surface area (Å²) in [5.41, 5.74) is 0. The fourth-order valence-corrected chi connectivity index (χ4v) is 5.57. The molecular formula is C12H28N2O6S3. The van der Waals surface area contributed by atoms with E-state index >= 15 is 0 Å². The van der Waals surface area contributed by atoms with Gasteiger partial charge in [0.25, 0.3) is 10.2 Å². The molecule has 140 valence electrons. The van der Waals surface area contributed by atoms with E-state index in [1.807, 2.05) is 13.8 Å². The lowest BCUT2D eigenvalue weighted by molar-refractivity contribution is 0.444. The maximum atomic E-state index is 11.8. The molecule has 0 fully saturated rings. The van der Waals surface area contributed by atoms with Crippen LogP contribution in [0.1, 0.15) is 39.5 Å². The van der Waals surface area contributed by atoms with Gasteiger partial charge in [-0.3, -0.25) is 0 Å². The summed E-state index contributed by atoms with van der Waals surface area (Å²) in [7, 11) is -10.9. The summed E-state index contributed by atoms with van der Waals surface area (Å²) in [4.78, 5) is 0. The molecule has 0 aromatic rings. The van der Waals surface area contributed by atoms with Crippen LogP contribution in [0.5, 0.6) is 0 Å². The minimum absolute atomic E-state index is 0.0171. The number of unbranched alkanes of at least 4 members (excludes halogenated alkanes) is 2. The molecule has 0 bridgehead atoms. The number of nitrogens with zero attached hydrogens (tertiary/aromatic N) is 1. The first kappa shape index (κ1) is 22.8. The van der Waals surface area contributed by atoms with Gasteiger partial charge < -0.3 is 0 Å². The molecule has 0 amide bonds. The van der Waals surface area contributed by atoms with E-state index in [1.54, 1.807) is 0 Å². The van der Waals surface area contributed by atoms with Crippen molar-refractivity contribution in [3.8, 4) is 0 Å². The summed E-state index contributed by atoms with van der Waals surface area (Å²) in [6.45, 7) is 3.06. The van der Waals surface area contributed by atoms with Crippen molar-refractivity contribution >= 4 is 29.9 Å². The zero-order valence-electron chi connectivity index (χ0n) is 13.8. The van der Waals surface area contributed by atoms with E-state index < -0.39 is 29.9 Å². The number of sulfone groups is 2. The molecule has 0 atom stereocenters. The monoisotopic (exact) mass is 392 g/mol. The van der Waals surface area contributed by atoms with Crippen LogP contribution >= 0.6 is 0 Å². The van der Waals surface area contributed by atoms with Gasteiger partial charge >= 0.3 is 0 Å². The average Bonchev–Trinajstić information content (AvgIpc) is 2.41. The summed E-state index contributed by atoms with van der Waals surface area (Å²) < 4.78 is 70.9. The van der Waals surface area contributed by atoms with Crippen LogP contribution in [0.3, 0.4) is 0 Å². The minimum atomic E-state index is -4.15. The van der Waals surface area contributed by atoms with Crippen molar-refractivity contribution in [3.63, 3.8) is 0 Å². The molecule has 0 aromatic carbocycles. The lowest BCUT2D eigenvalue weighted by atomic mass is 10.4. The van der Waals surface area contributed by atoms with Crippen molar-refractivity contribution in [1.29, 1.82) is 0 Å². The molecule has 8 nitrogen and oxygen atoms in total. The molecule has 0 spiro atoms. The Balaban J connectivity index is 4.75. The van der Waals surface area contributed by atoms with Crippen molar-refractivity contribution in [2.24, 2.45) is 5.14 Å². The molecular weight excluding hydrogens is 364 g/mol. The summed E-state index contributed by atoms with van der Waals surface area (Å²) >= 11 is 0. The fourth-order valence-electron chi connectivity index (χ4n) is 1.78. The Labute approximate surface area is 140 Å². The zero-order valence-corrected chi connectivity index (χ0v) is 16.2. The summed E-state index contributed by atoms with van der Waals surface area (Å²) in [5, 5.41) is 5.05. The summed E-state index contributed by atoms with van der Waals surface area (Å²) in [5.74, 6) is -0.760. The Kier molecular flexibility index (Phi) is 9.82. The molecule has 0 aromatic heterocycles. The third-order valence-electron chi connectivity index (χ3n) is 3.28. The van der Waals surface area contributed by atoms with Crippen LogP contribution in [0.2, 0.25) is 0 Å². The molecule has 11 heteroatoms. The van der Waals surface area contributed by atoms with Crippen LogP contribution in [0.25, 0.3) is 0 Å². The van der Waals surface area contributed by atoms with Gasteiger partial charge in [-0.15, -0.1) is 0 Å². The Hall–Kier alpha value is -0.230. The Morgan fingerprint density at radius 1 is 0.696 bits per heavy atom. The van der Waals surface area contributed by atoms with Gasteiger partial charge in [-0.1, -0.05) is 26.7 Å². The predicted molar refractivity (Wildman–Crippen MR) is 91.8 cm³/mol. The highest BCUT2D eigenvalue weighted by Crippen LogP contribution is 2.04. The molecule has 0 aliphatic heterocycles. The van der Waals surface area contributed by atoms with E-state index in [-0.39, 0.29) is 36.1 Å². The van der Waals surface area contributed by atoms with Gasteiger partial charge in [0.2, 0.25) is 0 Å². The quantitative estimate of drug-likeness (QED) is 0.466. The Morgan fingerprint density at radius 2 is 1.04 bits per heavy atom. The van der Waals surface area contributed by atoms with Gasteiger partial charge in [-0.05, 0) is 12.8 Å². The number of nitrogens with two attached hydrogens (primary N) is 1. The second kappa shape index (κ2) is 9.92. The lowest BCUT2D eigenvalue weighted by Crippen LogP contribution is -2.42. The number of hydrogen-bond acceptors (Lipinski definition) is 6. The van der Waals surface area contributed by atoms with E-state index in [9.17, 15) is 25.3 Å². The van der Waals surface area contributed by atoms with Gasteiger partial charge in [0.15, 0.2) is 19.7 Å². The summed E-state index contributed by atoms with van der Waals surface area (Å²) in [6, 6.07) is 0. The first-order chi connectivity index (χ1) is 10.4. The highest BCUT2D eigenvalue weighted by molar-refractivity contribution is 7.91. The van der Waals surface area contributed by atoms with Crippen LogP contribution in [-0.4, -0.2) is 65.7 Å². The second-order valence-corrected chi connectivity index (χ2v) is 11.6. The van der Waals surface area contributed by atoms with Crippen LogP contribution in [0.15, 0.2) is 0 Å². The maximum Gasteiger partial charge on any atom is 0.276 e. The first-order valence-corrected chi connectivity index (χ1v) is 12.8. The van der Waals surface area contributed by atoms with Crippen molar-refractivity contribution in [2.45, 2.75) is 39.5 Å². The van der Waals surface area contributed by atoms with Gasteiger partial charge in [-0.25, -0.2) is 22.0 Å². The molecule has 0 aliphatic rings. The molecule has 0 saturated carbocycles. The number of hydrogen-bond donors (Lipinski definition) is 1. The molecule has 0 rings (SSSR count). The Morgan fingerprint density at radius 3 is 1.30 bits per heavy atom. The van der Waals surface area contributed by atoms with Gasteiger partial charge in [-0.2, -0.15) is 12.7 Å². The second-order valence-electron chi connectivity index (χ2n) is 5.45. The van der Waals surface area contributed by atoms with E-state index in [2.05, 4.69) is 0 Å². The highest BCUT2D eigenvalue weighted by Gasteiger charge is 2.23. The number of rotatable bonds is 13. The smallest absolute Gasteiger partial charge is 0.229 e. The highest BCUT2D eigenvalue weighted by atomic mass is 32.2. The third-order valence-corrected chi connectivity index (χ3v) is 7.80. The third kappa shape index (κ3) is 11.0. The summed E-state index contributed by atoms with van der Waals surface area (Å²) in [6.07, 6.45) is 2.44. The standard InChI is InChI=1S/C12H28N2O6S3/c1-3-5-9-21(15,16)11-7-14(23(13,19)20)8-12-22(17,18)10-6-4-2/h3-12H2,1-2H3,(H2,13,19,20). The van der Waals surface area contributed by atoms with Crippen molar-refractivity contribution in [3.05, 3.63) is 0 Å². The fraction of sp³-hybridized carbons (Fsp3) is 1.00. The van der Waals surface area contributed by atoms with Crippen molar-refractivity contribution in [2.75, 3.05) is 36.1 Å². The molecule has 0 radical (unpaired) electrons. The van der Waals surface area contributed by atoms with Crippen LogP contribution in [0.4, 0.5) is 0 Å². The molecule has 0 heterocycles. The topological polar surface area (TPSA) is 132 Å².